The van der Waals surface area contributed by atoms with Gasteiger partial charge in [0.1, 0.15) is 30.1 Å². The molecule has 24 heavy (non-hydrogen) atoms. The van der Waals surface area contributed by atoms with E-state index in [0.717, 1.165) is 0 Å². The molecule has 1 saturated heterocycles. The second-order valence-corrected chi connectivity index (χ2v) is 6.28. The van der Waals surface area contributed by atoms with Gasteiger partial charge in [-0.15, -0.1) is 0 Å². The van der Waals surface area contributed by atoms with Crippen molar-refractivity contribution in [3.8, 4) is 0 Å². The minimum absolute atomic E-state index is 0.0868. The van der Waals surface area contributed by atoms with Crippen LogP contribution in [0.3, 0.4) is 0 Å². The Morgan fingerprint density at radius 2 is 2.25 bits per heavy atom. The van der Waals surface area contributed by atoms with E-state index in [4.69, 9.17) is 4.74 Å². The number of hydrogen-bond acceptors (Lipinski definition) is 6. The summed E-state index contributed by atoms with van der Waals surface area (Å²) in [7, 11) is 0. The molecule has 1 fully saturated rings. The maximum Gasteiger partial charge on any atom is 0.251 e. The number of amides is 1. The van der Waals surface area contributed by atoms with Gasteiger partial charge in [-0.1, -0.05) is 0 Å². The fraction of sp³-hybridized carbons (Fsp3) is 0.533. The average molecular weight is 332 g/mol. The first-order valence-corrected chi connectivity index (χ1v) is 7.72. The minimum atomic E-state index is -0.855. The molecule has 0 bridgehead atoms. The van der Waals surface area contributed by atoms with Crippen LogP contribution in [0.5, 0.6) is 0 Å². The molecule has 128 valence electrons. The fourth-order valence-electron chi connectivity index (χ4n) is 2.74. The molecule has 3 rings (SSSR count). The highest BCUT2D eigenvalue weighted by Crippen LogP contribution is 2.23. The van der Waals surface area contributed by atoms with E-state index in [2.05, 4.69) is 20.1 Å². The van der Waals surface area contributed by atoms with E-state index in [1.165, 1.54) is 23.4 Å². The van der Waals surface area contributed by atoms with Crippen molar-refractivity contribution in [2.45, 2.75) is 32.4 Å². The second kappa shape index (κ2) is 6.16. The Bertz CT molecular complexity index is 783. The summed E-state index contributed by atoms with van der Waals surface area (Å²) in [4.78, 5) is 37.2. The van der Waals surface area contributed by atoms with E-state index in [1.54, 1.807) is 25.7 Å². The molecule has 0 radical (unpaired) electrons. The van der Waals surface area contributed by atoms with E-state index < -0.39 is 11.6 Å². The first-order valence-electron chi connectivity index (χ1n) is 7.72. The summed E-state index contributed by atoms with van der Waals surface area (Å²) in [5.74, 6) is 0.354. The number of carbonyl (C=O) groups excluding carboxylic acids is 1. The third-order valence-corrected chi connectivity index (χ3v) is 4.06. The summed E-state index contributed by atoms with van der Waals surface area (Å²) < 4.78 is 7.23. The quantitative estimate of drug-likeness (QED) is 0.848. The van der Waals surface area contributed by atoms with Crippen LogP contribution in [0.25, 0.3) is 0 Å². The molecule has 1 N–H and O–H groups in total. The Morgan fingerprint density at radius 1 is 1.46 bits per heavy atom. The van der Waals surface area contributed by atoms with Crippen LogP contribution in [0.4, 0.5) is 0 Å². The standard InChI is InChI=1S/C15H20N6O3/c1-10-6-12(22)19-13(18-10)11-7-20(4-5-24-11)14(23)15(2,3)21-9-16-8-17-21/h6,8-9,11H,4-5,7H2,1-3H3,(H,18,19,22)/t11-/m0/s1. The van der Waals surface area contributed by atoms with Crippen LogP contribution in [0, 0.1) is 6.92 Å². The van der Waals surface area contributed by atoms with Gasteiger partial charge in [-0.3, -0.25) is 9.59 Å². The van der Waals surface area contributed by atoms with Gasteiger partial charge < -0.3 is 14.6 Å². The van der Waals surface area contributed by atoms with Crippen LogP contribution in [0.1, 0.15) is 31.5 Å². The molecule has 1 aliphatic rings. The Balaban J connectivity index is 1.80. The largest absolute Gasteiger partial charge is 0.367 e. The molecule has 2 aromatic rings. The van der Waals surface area contributed by atoms with Gasteiger partial charge in [0.05, 0.1) is 13.2 Å². The van der Waals surface area contributed by atoms with Gasteiger partial charge in [-0.2, -0.15) is 5.10 Å². The van der Waals surface area contributed by atoms with Gasteiger partial charge in [-0.25, -0.2) is 14.6 Å². The highest BCUT2D eigenvalue weighted by atomic mass is 16.5. The van der Waals surface area contributed by atoms with Gasteiger partial charge >= 0.3 is 0 Å². The molecule has 9 nitrogen and oxygen atoms in total. The number of H-pyrrole nitrogens is 1. The van der Waals surface area contributed by atoms with Crippen molar-refractivity contribution in [1.82, 2.24) is 29.6 Å². The van der Waals surface area contributed by atoms with Gasteiger partial charge in [0.2, 0.25) is 5.91 Å². The molecule has 0 spiro atoms. The molecule has 2 aromatic heterocycles. The molecule has 9 heteroatoms. The predicted molar refractivity (Wildman–Crippen MR) is 84.2 cm³/mol. The van der Waals surface area contributed by atoms with Gasteiger partial charge in [0.25, 0.3) is 5.56 Å². The number of aryl methyl sites for hydroxylation is 1. The number of morpholine rings is 1. The molecular formula is C15H20N6O3. The van der Waals surface area contributed by atoms with Crippen LogP contribution < -0.4 is 5.56 Å². The predicted octanol–water partition coefficient (Wildman–Crippen LogP) is 0.00502. The third-order valence-electron chi connectivity index (χ3n) is 4.06. The number of rotatable bonds is 3. The van der Waals surface area contributed by atoms with Gasteiger partial charge in [0.15, 0.2) is 0 Å². The number of aromatic amines is 1. The Morgan fingerprint density at radius 3 is 2.92 bits per heavy atom. The van der Waals surface area contributed by atoms with Gasteiger partial charge in [-0.05, 0) is 20.8 Å². The molecular weight excluding hydrogens is 312 g/mol. The first kappa shape index (κ1) is 16.3. The molecule has 0 aromatic carbocycles. The fourth-order valence-corrected chi connectivity index (χ4v) is 2.74. The zero-order chi connectivity index (χ0) is 17.3. The number of aromatic nitrogens is 5. The Kier molecular flexibility index (Phi) is 4.18. The third kappa shape index (κ3) is 3.07. The summed E-state index contributed by atoms with van der Waals surface area (Å²) >= 11 is 0. The molecule has 1 atom stereocenters. The average Bonchev–Trinajstić information content (AvgIpc) is 3.08. The zero-order valence-corrected chi connectivity index (χ0v) is 13.9. The van der Waals surface area contributed by atoms with Crippen LogP contribution in [0.2, 0.25) is 0 Å². The lowest BCUT2D eigenvalue weighted by atomic mass is 10.0. The zero-order valence-electron chi connectivity index (χ0n) is 13.9. The number of nitrogens with one attached hydrogen (secondary N) is 1. The van der Waals surface area contributed by atoms with Crippen LogP contribution in [-0.2, 0) is 15.1 Å². The van der Waals surface area contributed by atoms with E-state index >= 15 is 0 Å². The van der Waals surface area contributed by atoms with Crippen LogP contribution in [-0.4, -0.2) is 55.2 Å². The maximum absolute atomic E-state index is 12.9. The topological polar surface area (TPSA) is 106 Å². The SMILES string of the molecule is Cc1cc(=O)[nH]c([C@@H]2CN(C(=O)C(C)(C)n3cncn3)CCO2)n1. The molecule has 1 aliphatic heterocycles. The monoisotopic (exact) mass is 332 g/mol. The summed E-state index contributed by atoms with van der Waals surface area (Å²) in [6.07, 6.45) is 2.47. The van der Waals surface area contributed by atoms with Crippen molar-refractivity contribution in [1.29, 1.82) is 0 Å². The molecule has 3 heterocycles. The molecule has 0 unspecified atom stereocenters. The van der Waals surface area contributed by atoms with Crippen molar-refractivity contribution in [2.24, 2.45) is 0 Å². The summed E-state index contributed by atoms with van der Waals surface area (Å²) in [6, 6.07) is 1.42. The van der Waals surface area contributed by atoms with Crippen molar-refractivity contribution >= 4 is 5.91 Å². The number of carbonyl (C=O) groups is 1. The summed E-state index contributed by atoms with van der Waals surface area (Å²) in [6.45, 7) is 6.51. The summed E-state index contributed by atoms with van der Waals surface area (Å²) in [5.41, 5.74) is -0.470. The van der Waals surface area contributed by atoms with Crippen molar-refractivity contribution in [3.63, 3.8) is 0 Å². The highest BCUT2D eigenvalue weighted by molar-refractivity contribution is 5.83. The molecule has 1 amide bonds. The van der Waals surface area contributed by atoms with E-state index in [-0.39, 0.29) is 11.5 Å². The van der Waals surface area contributed by atoms with E-state index in [1.807, 2.05) is 0 Å². The van der Waals surface area contributed by atoms with Crippen molar-refractivity contribution in [3.05, 3.63) is 40.6 Å². The van der Waals surface area contributed by atoms with Crippen LogP contribution >= 0.6 is 0 Å². The second-order valence-electron chi connectivity index (χ2n) is 6.28. The van der Waals surface area contributed by atoms with Crippen molar-refractivity contribution in [2.75, 3.05) is 19.7 Å². The lowest BCUT2D eigenvalue weighted by Gasteiger charge is -2.37. The summed E-state index contributed by atoms with van der Waals surface area (Å²) in [5, 5.41) is 4.07. The number of ether oxygens (including phenoxy) is 1. The smallest absolute Gasteiger partial charge is 0.251 e. The molecule has 0 saturated carbocycles. The van der Waals surface area contributed by atoms with Crippen molar-refractivity contribution < 1.29 is 9.53 Å². The highest BCUT2D eigenvalue weighted by Gasteiger charge is 2.37. The minimum Gasteiger partial charge on any atom is -0.367 e. The maximum atomic E-state index is 12.9. The Labute approximate surface area is 138 Å². The van der Waals surface area contributed by atoms with E-state index in [0.29, 0.717) is 31.2 Å². The number of nitrogens with zero attached hydrogens (tertiary/aromatic N) is 5. The molecule has 0 aliphatic carbocycles. The lowest BCUT2D eigenvalue weighted by Crippen LogP contribution is -2.52. The van der Waals surface area contributed by atoms with Gasteiger partial charge in [0, 0.05) is 18.3 Å². The van der Waals surface area contributed by atoms with Crippen LogP contribution in [0.15, 0.2) is 23.5 Å². The number of hydrogen-bond donors (Lipinski definition) is 1. The normalized spacial score (nSPS) is 18.6. The lowest BCUT2D eigenvalue weighted by molar-refractivity contribution is -0.147. The van der Waals surface area contributed by atoms with E-state index in [9.17, 15) is 9.59 Å². The first-order chi connectivity index (χ1) is 11.4. The Hall–Kier alpha value is -2.55.